The van der Waals surface area contributed by atoms with Crippen LogP contribution in [0.4, 0.5) is 0 Å². The van der Waals surface area contributed by atoms with Crippen molar-refractivity contribution in [2.75, 3.05) is 7.11 Å². The zero-order valence-corrected chi connectivity index (χ0v) is 11.2. The van der Waals surface area contributed by atoms with Gasteiger partial charge in [-0.15, -0.1) is 11.3 Å². The van der Waals surface area contributed by atoms with Crippen molar-refractivity contribution < 1.29 is 14.6 Å². The number of nitriles is 1. The van der Waals surface area contributed by atoms with Crippen LogP contribution in [0.3, 0.4) is 0 Å². The average molecular weight is 273 g/mol. The molecule has 1 aromatic heterocycles. The molecule has 0 radical (unpaired) electrons. The molecular weight excluding hydrogens is 262 g/mol. The Morgan fingerprint density at radius 2 is 2.16 bits per heavy atom. The minimum Gasteiger partial charge on any atom is -0.495 e. The molecule has 19 heavy (non-hydrogen) atoms. The molecule has 0 bridgehead atoms. The van der Waals surface area contributed by atoms with Crippen molar-refractivity contribution >= 4 is 17.3 Å². The minimum atomic E-state index is -0.937. The minimum absolute atomic E-state index is 0.293. The van der Waals surface area contributed by atoms with Crippen LogP contribution in [-0.2, 0) is 0 Å². The number of aryl methyl sites for hydroxylation is 1. The van der Waals surface area contributed by atoms with Gasteiger partial charge in [0.25, 0.3) is 0 Å². The maximum Gasteiger partial charge on any atom is 0.345 e. The second kappa shape index (κ2) is 5.12. The zero-order chi connectivity index (χ0) is 14.0. The molecule has 1 N–H and O–H groups in total. The third-order valence-corrected chi connectivity index (χ3v) is 3.98. The fourth-order valence-electron chi connectivity index (χ4n) is 1.81. The molecule has 2 aromatic rings. The number of ether oxygens (including phenoxy) is 1. The van der Waals surface area contributed by atoms with E-state index in [1.54, 1.807) is 18.2 Å². The Hall–Kier alpha value is -2.32. The second-order valence-corrected chi connectivity index (χ2v) is 5.01. The first-order valence-corrected chi connectivity index (χ1v) is 6.30. The first-order valence-electron chi connectivity index (χ1n) is 5.49. The predicted molar refractivity (Wildman–Crippen MR) is 72.7 cm³/mol. The highest BCUT2D eigenvalue weighted by Gasteiger charge is 2.14. The summed E-state index contributed by atoms with van der Waals surface area (Å²) in [4.78, 5) is 12.1. The Morgan fingerprint density at radius 1 is 1.42 bits per heavy atom. The number of hydrogen-bond donors (Lipinski definition) is 1. The summed E-state index contributed by atoms with van der Waals surface area (Å²) in [5.74, 6) is -0.424. The van der Waals surface area contributed by atoms with Crippen LogP contribution >= 0.6 is 11.3 Å². The summed E-state index contributed by atoms with van der Waals surface area (Å²) in [5, 5.41) is 18.1. The normalized spacial score (nSPS) is 9.95. The molecule has 96 valence electrons. The molecule has 1 aromatic carbocycles. The molecule has 5 heteroatoms. The highest BCUT2D eigenvalue weighted by molar-refractivity contribution is 7.17. The molecule has 1 heterocycles. The molecule has 4 nitrogen and oxygen atoms in total. The van der Waals surface area contributed by atoms with Crippen molar-refractivity contribution in [2.45, 2.75) is 6.92 Å². The highest BCUT2D eigenvalue weighted by atomic mass is 32.1. The maximum atomic E-state index is 11.0. The second-order valence-electron chi connectivity index (χ2n) is 3.95. The first kappa shape index (κ1) is 13.1. The Balaban J connectivity index is 2.54. The van der Waals surface area contributed by atoms with E-state index in [9.17, 15) is 4.79 Å². The predicted octanol–water partition coefficient (Wildman–Crippen LogP) is 3.30. The zero-order valence-electron chi connectivity index (χ0n) is 10.4. The molecule has 2 rings (SSSR count). The van der Waals surface area contributed by atoms with E-state index in [2.05, 4.69) is 6.07 Å². The number of benzene rings is 1. The SMILES string of the molecule is COc1ccc(-c2sc(C(=O)O)cc2C)cc1C#N. The molecule has 0 aliphatic rings. The Bertz CT molecular complexity index is 682. The fraction of sp³-hybridized carbons (Fsp3) is 0.143. The number of thiophene rings is 1. The van der Waals surface area contributed by atoms with Crippen molar-refractivity contribution in [3.8, 4) is 22.3 Å². The van der Waals surface area contributed by atoms with Crippen LogP contribution in [0.1, 0.15) is 20.8 Å². The maximum absolute atomic E-state index is 11.0. The van der Waals surface area contributed by atoms with Gasteiger partial charge >= 0.3 is 5.97 Å². The first-order chi connectivity index (χ1) is 9.06. The van der Waals surface area contributed by atoms with Gasteiger partial charge in [0.2, 0.25) is 0 Å². The molecule has 0 saturated heterocycles. The molecular formula is C14H11NO3S. The highest BCUT2D eigenvalue weighted by Crippen LogP contribution is 2.34. The summed E-state index contributed by atoms with van der Waals surface area (Å²) in [5.41, 5.74) is 2.15. The van der Waals surface area contributed by atoms with E-state index in [4.69, 9.17) is 15.1 Å². The van der Waals surface area contributed by atoms with Gasteiger partial charge in [0.1, 0.15) is 16.7 Å². The molecule has 0 spiro atoms. The van der Waals surface area contributed by atoms with E-state index in [-0.39, 0.29) is 0 Å². The quantitative estimate of drug-likeness (QED) is 0.931. The van der Waals surface area contributed by atoms with Crippen molar-refractivity contribution in [3.05, 3.63) is 40.3 Å². The number of methoxy groups -OCH3 is 1. The fourth-order valence-corrected chi connectivity index (χ4v) is 2.82. The molecule has 0 unspecified atom stereocenters. The largest absolute Gasteiger partial charge is 0.495 e. The molecule has 0 amide bonds. The van der Waals surface area contributed by atoms with Gasteiger partial charge in [0.15, 0.2) is 0 Å². The van der Waals surface area contributed by atoms with Crippen LogP contribution in [0.15, 0.2) is 24.3 Å². The van der Waals surface area contributed by atoms with Crippen LogP contribution in [0.25, 0.3) is 10.4 Å². The number of carboxylic acids is 1. The van der Waals surface area contributed by atoms with Gasteiger partial charge in [-0.3, -0.25) is 0 Å². The van der Waals surface area contributed by atoms with Crippen LogP contribution < -0.4 is 4.74 Å². The summed E-state index contributed by atoms with van der Waals surface area (Å²) < 4.78 is 5.09. The van der Waals surface area contributed by atoms with E-state index < -0.39 is 5.97 Å². The topological polar surface area (TPSA) is 70.3 Å². The third kappa shape index (κ3) is 2.44. The Kier molecular flexibility index (Phi) is 3.54. The number of aromatic carboxylic acids is 1. The van der Waals surface area contributed by atoms with Crippen LogP contribution in [0, 0.1) is 18.3 Å². The van der Waals surface area contributed by atoms with Gasteiger partial charge in [-0.1, -0.05) is 0 Å². The molecule has 0 fully saturated rings. The van der Waals surface area contributed by atoms with E-state index >= 15 is 0 Å². The molecule has 0 aliphatic carbocycles. The molecule has 0 saturated carbocycles. The summed E-state index contributed by atoms with van der Waals surface area (Å²) >= 11 is 1.20. The number of hydrogen-bond acceptors (Lipinski definition) is 4. The lowest BCUT2D eigenvalue weighted by atomic mass is 10.1. The van der Waals surface area contributed by atoms with E-state index in [1.165, 1.54) is 18.4 Å². The van der Waals surface area contributed by atoms with Crippen LogP contribution in [-0.4, -0.2) is 18.2 Å². The number of nitrogens with zero attached hydrogens (tertiary/aromatic N) is 1. The summed E-state index contributed by atoms with van der Waals surface area (Å²) in [7, 11) is 1.51. The van der Waals surface area contributed by atoms with Gasteiger partial charge in [0, 0.05) is 4.88 Å². The lowest BCUT2D eigenvalue weighted by Crippen LogP contribution is -1.89. The van der Waals surface area contributed by atoms with Crippen LogP contribution in [0.5, 0.6) is 5.75 Å². The number of carbonyl (C=O) groups is 1. The van der Waals surface area contributed by atoms with Gasteiger partial charge in [-0.2, -0.15) is 5.26 Å². The Morgan fingerprint density at radius 3 is 2.68 bits per heavy atom. The van der Waals surface area contributed by atoms with Crippen LogP contribution in [0.2, 0.25) is 0 Å². The van der Waals surface area contributed by atoms with E-state index in [1.807, 2.05) is 13.0 Å². The monoisotopic (exact) mass is 273 g/mol. The van der Waals surface area contributed by atoms with E-state index in [0.29, 0.717) is 16.2 Å². The lowest BCUT2D eigenvalue weighted by Gasteiger charge is -2.05. The summed E-state index contributed by atoms with van der Waals surface area (Å²) in [6.45, 7) is 1.86. The molecule has 0 atom stereocenters. The number of carboxylic acid groups (broad SMARTS) is 1. The summed E-state index contributed by atoms with van der Waals surface area (Å²) in [6, 6.07) is 8.96. The Labute approximate surface area is 114 Å². The average Bonchev–Trinajstić information content (AvgIpc) is 2.80. The van der Waals surface area contributed by atoms with E-state index in [0.717, 1.165) is 16.0 Å². The third-order valence-electron chi connectivity index (χ3n) is 2.71. The van der Waals surface area contributed by atoms with Gasteiger partial charge < -0.3 is 9.84 Å². The van der Waals surface area contributed by atoms with Gasteiger partial charge in [0.05, 0.1) is 12.7 Å². The van der Waals surface area contributed by atoms with Gasteiger partial charge in [-0.05, 0) is 42.3 Å². The van der Waals surface area contributed by atoms with Crippen molar-refractivity contribution in [1.82, 2.24) is 0 Å². The van der Waals surface area contributed by atoms with Crippen molar-refractivity contribution in [2.24, 2.45) is 0 Å². The van der Waals surface area contributed by atoms with Crippen molar-refractivity contribution in [1.29, 1.82) is 5.26 Å². The molecule has 0 aliphatic heterocycles. The standard InChI is InChI=1S/C14H11NO3S/c1-8-5-12(14(16)17)19-13(8)9-3-4-11(18-2)10(6-9)7-15/h3-6H,1-2H3,(H,16,17). The summed E-state index contributed by atoms with van der Waals surface area (Å²) in [6.07, 6.45) is 0. The lowest BCUT2D eigenvalue weighted by molar-refractivity contribution is 0.0702. The van der Waals surface area contributed by atoms with Crippen molar-refractivity contribution in [3.63, 3.8) is 0 Å². The number of rotatable bonds is 3. The smallest absolute Gasteiger partial charge is 0.345 e. The van der Waals surface area contributed by atoms with Gasteiger partial charge in [-0.25, -0.2) is 4.79 Å².